The van der Waals surface area contributed by atoms with Crippen LogP contribution in [0.5, 0.6) is 0 Å². The third-order valence-electron chi connectivity index (χ3n) is 14.6. The summed E-state index contributed by atoms with van der Waals surface area (Å²) in [7, 11) is 0. The standard InChI is InChI=1S/C69H53N/c1-69(2)65-45-51(37-42-60(65)61-44-41-58(47-66(61)69)70(56-21-11-5-12-22-56)57-23-13-6-14-24-57)34-33-49-29-27-48(28-30-49)31-32-50-35-38-52(39-36-50)55-40-43-63-64(46-55)59-25-15-16-26-62(59)67(53-17-7-3-8-18-53)68(63)54-19-9-4-10-20-54/h3-23,25-47,57H,24H2,1-2H3/b32-31+,34-33+. The molecule has 0 amide bonds. The third-order valence-corrected chi connectivity index (χ3v) is 14.6. The van der Waals surface area contributed by atoms with Crippen molar-refractivity contribution in [3.05, 3.63) is 276 Å². The second-order valence-corrected chi connectivity index (χ2v) is 19.2. The Hall–Kier alpha value is -8.52. The lowest BCUT2D eigenvalue weighted by molar-refractivity contribution is 0.659. The van der Waals surface area contributed by atoms with E-state index in [1.165, 1.54) is 111 Å². The van der Waals surface area contributed by atoms with Crippen LogP contribution in [0.25, 0.3) is 90.4 Å². The molecule has 0 heterocycles. The minimum atomic E-state index is -0.129. The molecular weight excluding hydrogens is 843 g/mol. The number of allylic oxidation sites excluding steroid dienone is 2. The second kappa shape index (κ2) is 18.2. The summed E-state index contributed by atoms with van der Waals surface area (Å²) in [6.07, 6.45) is 18.8. The number of rotatable bonds is 10. The molecule has 0 aromatic heterocycles. The summed E-state index contributed by atoms with van der Waals surface area (Å²) in [6.45, 7) is 4.75. The lowest BCUT2D eigenvalue weighted by Gasteiger charge is -2.33. The molecule has 0 spiro atoms. The van der Waals surface area contributed by atoms with Crippen LogP contribution in [-0.4, -0.2) is 6.04 Å². The molecule has 10 aromatic carbocycles. The molecule has 0 radical (unpaired) electrons. The van der Waals surface area contributed by atoms with Crippen molar-refractivity contribution in [2.24, 2.45) is 0 Å². The van der Waals surface area contributed by atoms with Crippen LogP contribution < -0.4 is 4.90 Å². The monoisotopic (exact) mass is 895 g/mol. The molecule has 1 atom stereocenters. The Labute approximate surface area is 412 Å². The van der Waals surface area contributed by atoms with Gasteiger partial charge in [-0.1, -0.05) is 251 Å². The van der Waals surface area contributed by atoms with Crippen LogP contribution in [0.3, 0.4) is 0 Å². The topological polar surface area (TPSA) is 3.24 Å². The Morgan fingerprint density at radius 1 is 0.386 bits per heavy atom. The molecule has 0 bridgehead atoms. The molecule has 70 heavy (non-hydrogen) atoms. The lowest BCUT2D eigenvalue weighted by Crippen LogP contribution is -2.30. The van der Waals surface area contributed by atoms with Crippen LogP contribution in [0.2, 0.25) is 0 Å². The van der Waals surface area contributed by atoms with Gasteiger partial charge in [0.1, 0.15) is 0 Å². The molecule has 0 saturated heterocycles. The molecule has 0 N–H and O–H groups in total. The Morgan fingerprint density at radius 2 is 0.886 bits per heavy atom. The van der Waals surface area contributed by atoms with Gasteiger partial charge in [0.15, 0.2) is 0 Å². The van der Waals surface area contributed by atoms with Gasteiger partial charge in [0.2, 0.25) is 0 Å². The van der Waals surface area contributed by atoms with Gasteiger partial charge in [-0.15, -0.1) is 0 Å². The molecule has 12 rings (SSSR count). The van der Waals surface area contributed by atoms with E-state index in [9.17, 15) is 0 Å². The van der Waals surface area contributed by atoms with Gasteiger partial charge in [-0.3, -0.25) is 0 Å². The van der Waals surface area contributed by atoms with Crippen molar-refractivity contribution >= 4 is 57.2 Å². The van der Waals surface area contributed by atoms with E-state index in [1.54, 1.807) is 0 Å². The van der Waals surface area contributed by atoms with Gasteiger partial charge in [-0.25, -0.2) is 0 Å². The zero-order valence-electron chi connectivity index (χ0n) is 39.6. The number of hydrogen-bond donors (Lipinski definition) is 0. The molecule has 0 fully saturated rings. The number of anilines is 2. The maximum absolute atomic E-state index is 2.49. The molecule has 2 aliphatic carbocycles. The highest BCUT2D eigenvalue weighted by molar-refractivity contribution is 6.22. The van der Waals surface area contributed by atoms with E-state index in [0.717, 1.165) is 6.42 Å². The average Bonchev–Trinajstić information content (AvgIpc) is 3.65. The SMILES string of the molecule is CC1(C)c2cc(/C=C/c3ccc(/C=C/c4ccc(-c5ccc6c(-c7ccccc7)c(-c7ccccc7)c7ccccc7c6c5)cc4)cc3)ccc2-c2ccc(N(c3ccccc3)C3C=CC=CC3)cc21. The maximum Gasteiger partial charge on any atom is 0.0559 e. The summed E-state index contributed by atoms with van der Waals surface area (Å²) in [4.78, 5) is 2.49. The Morgan fingerprint density at radius 3 is 1.50 bits per heavy atom. The van der Waals surface area contributed by atoms with E-state index in [1.807, 2.05) is 0 Å². The van der Waals surface area contributed by atoms with Gasteiger partial charge in [-0.05, 0) is 136 Å². The van der Waals surface area contributed by atoms with Crippen molar-refractivity contribution in [2.75, 3.05) is 4.90 Å². The number of fused-ring (bicyclic) bond motifs is 6. The normalized spacial score (nSPS) is 14.7. The predicted molar refractivity (Wildman–Crippen MR) is 301 cm³/mol. The van der Waals surface area contributed by atoms with Crippen LogP contribution in [0, 0.1) is 0 Å². The van der Waals surface area contributed by atoms with Crippen LogP contribution >= 0.6 is 0 Å². The minimum absolute atomic E-state index is 0.129. The number of nitrogens with zero attached hydrogens (tertiary/aromatic N) is 1. The van der Waals surface area contributed by atoms with E-state index in [2.05, 4.69) is 286 Å². The highest BCUT2D eigenvalue weighted by Gasteiger charge is 2.36. The quantitative estimate of drug-likeness (QED) is 0.0977. The van der Waals surface area contributed by atoms with Crippen molar-refractivity contribution in [1.29, 1.82) is 0 Å². The molecule has 334 valence electrons. The lowest BCUT2D eigenvalue weighted by atomic mass is 9.81. The zero-order chi connectivity index (χ0) is 47.0. The molecule has 1 unspecified atom stereocenters. The highest BCUT2D eigenvalue weighted by Crippen LogP contribution is 2.51. The van der Waals surface area contributed by atoms with Gasteiger partial charge in [0.25, 0.3) is 0 Å². The first-order valence-electron chi connectivity index (χ1n) is 24.6. The van der Waals surface area contributed by atoms with Crippen molar-refractivity contribution in [3.8, 4) is 44.5 Å². The molecule has 1 heteroatoms. The first-order valence-corrected chi connectivity index (χ1v) is 24.6. The maximum atomic E-state index is 2.49. The molecule has 2 aliphatic rings. The van der Waals surface area contributed by atoms with Gasteiger partial charge < -0.3 is 4.90 Å². The fourth-order valence-electron chi connectivity index (χ4n) is 10.9. The number of hydrogen-bond acceptors (Lipinski definition) is 1. The molecule has 0 aliphatic heterocycles. The third kappa shape index (κ3) is 8.00. The van der Waals surface area contributed by atoms with E-state index < -0.39 is 0 Å². The highest BCUT2D eigenvalue weighted by atomic mass is 15.2. The summed E-state index contributed by atoms with van der Waals surface area (Å²) in [5, 5.41) is 5.06. The minimum Gasteiger partial charge on any atom is -0.334 e. The number of para-hydroxylation sites is 1. The molecular formula is C69H53N. The van der Waals surface area contributed by atoms with Crippen LogP contribution in [0.4, 0.5) is 11.4 Å². The smallest absolute Gasteiger partial charge is 0.0559 e. The van der Waals surface area contributed by atoms with Crippen molar-refractivity contribution < 1.29 is 0 Å². The van der Waals surface area contributed by atoms with Gasteiger partial charge in [0.05, 0.1) is 6.04 Å². The van der Waals surface area contributed by atoms with E-state index in [0.29, 0.717) is 0 Å². The molecule has 1 nitrogen and oxygen atoms in total. The fourth-order valence-corrected chi connectivity index (χ4v) is 10.9. The summed E-state index contributed by atoms with van der Waals surface area (Å²) in [5.74, 6) is 0. The first-order chi connectivity index (χ1) is 34.5. The number of benzene rings is 10. The van der Waals surface area contributed by atoms with Gasteiger partial charge in [-0.2, -0.15) is 0 Å². The zero-order valence-corrected chi connectivity index (χ0v) is 39.6. The fraction of sp³-hybridized carbons (Fsp3) is 0.0725. The summed E-state index contributed by atoms with van der Waals surface area (Å²) in [6, 6.07) is 80.4. The van der Waals surface area contributed by atoms with Crippen LogP contribution in [0.15, 0.2) is 243 Å². The average molecular weight is 896 g/mol. The second-order valence-electron chi connectivity index (χ2n) is 19.2. The van der Waals surface area contributed by atoms with E-state index in [4.69, 9.17) is 0 Å². The Kier molecular flexibility index (Phi) is 11.1. The van der Waals surface area contributed by atoms with Crippen molar-refractivity contribution in [3.63, 3.8) is 0 Å². The summed E-state index contributed by atoms with van der Waals surface area (Å²) < 4.78 is 0. The van der Waals surface area contributed by atoms with Gasteiger partial charge >= 0.3 is 0 Å². The van der Waals surface area contributed by atoms with Gasteiger partial charge in [0, 0.05) is 16.8 Å². The van der Waals surface area contributed by atoms with Crippen LogP contribution in [-0.2, 0) is 5.41 Å². The Bertz CT molecular complexity index is 3670. The van der Waals surface area contributed by atoms with Crippen LogP contribution in [0.1, 0.15) is 53.6 Å². The van der Waals surface area contributed by atoms with E-state index in [-0.39, 0.29) is 11.5 Å². The van der Waals surface area contributed by atoms with Crippen molar-refractivity contribution in [2.45, 2.75) is 31.7 Å². The Balaban J connectivity index is 0.756. The first kappa shape index (κ1) is 42.8. The predicted octanol–water partition coefficient (Wildman–Crippen LogP) is 18.7. The largest absolute Gasteiger partial charge is 0.334 e. The van der Waals surface area contributed by atoms with Crippen molar-refractivity contribution in [1.82, 2.24) is 0 Å². The summed E-state index contributed by atoms with van der Waals surface area (Å²) >= 11 is 0. The summed E-state index contributed by atoms with van der Waals surface area (Å²) in [5.41, 5.74) is 19.9. The molecule has 10 aromatic rings. The molecule has 0 saturated carbocycles. The van der Waals surface area contributed by atoms with E-state index >= 15 is 0 Å².